The fourth-order valence-electron chi connectivity index (χ4n) is 2.41. The van der Waals surface area contributed by atoms with Crippen molar-refractivity contribution in [2.75, 3.05) is 26.2 Å². The first-order valence-electron chi connectivity index (χ1n) is 6.71. The van der Waals surface area contributed by atoms with E-state index in [1.807, 2.05) is 0 Å². The molecule has 4 nitrogen and oxygen atoms in total. The Bertz CT molecular complexity index is 478. The van der Waals surface area contributed by atoms with Gasteiger partial charge in [0, 0.05) is 19.1 Å². The SMILES string of the molecule is O=C(c1cccc(F)c1Br)N(CCO)CC1CCCN1. The van der Waals surface area contributed by atoms with Crippen LogP contribution in [0.4, 0.5) is 4.39 Å². The number of benzene rings is 1. The number of carbonyl (C=O) groups is 1. The molecule has 1 aliphatic heterocycles. The minimum Gasteiger partial charge on any atom is -0.395 e. The van der Waals surface area contributed by atoms with Crippen LogP contribution < -0.4 is 5.32 Å². The van der Waals surface area contributed by atoms with Crippen LogP contribution in [0, 0.1) is 5.82 Å². The molecule has 1 saturated heterocycles. The van der Waals surface area contributed by atoms with E-state index in [1.165, 1.54) is 12.1 Å². The molecule has 1 aliphatic rings. The molecule has 6 heteroatoms. The quantitative estimate of drug-likeness (QED) is 0.855. The lowest BCUT2D eigenvalue weighted by Gasteiger charge is -2.25. The topological polar surface area (TPSA) is 52.6 Å². The molecular formula is C14H18BrFN2O2. The molecule has 1 unspecified atom stereocenters. The lowest BCUT2D eigenvalue weighted by molar-refractivity contribution is 0.0705. The number of hydrogen-bond acceptors (Lipinski definition) is 3. The molecule has 1 fully saturated rings. The fraction of sp³-hybridized carbons (Fsp3) is 0.500. The summed E-state index contributed by atoms with van der Waals surface area (Å²) in [4.78, 5) is 14.1. The van der Waals surface area contributed by atoms with E-state index >= 15 is 0 Å². The summed E-state index contributed by atoms with van der Waals surface area (Å²) in [6.45, 7) is 1.63. The Labute approximate surface area is 126 Å². The monoisotopic (exact) mass is 344 g/mol. The van der Waals surface area contributed by atoms with Gasteiger partial charge in [-0.25, -0.2) is 4.39 Å². The Balaban J connectivity index is 2.14. The molecular weight excluding hydrogens is 327 g/mol. The van der Waals surface area contributed by atoms with Crippen molar-refractivity contribution in [1.82, 2.24) is 10.2 Å². The number of halogens is 2. The van der Waals surface area contributed by atoms with E-state index in [0.717, 1.165) is 19.4 Å². The summed E-state index contributed by atoms with van der Waals surface area (Å²) in [7, 11) is 0. The molecule has 0 bridgehead atoms. The average Bonchev–Trinajstić information content (AvgIpc) is 2.94. The van der Waals surface area contributed by atoms with Gasteiger partial charge in [0.15, 0.2) is 0 Å². The highest BCUT2D eigenvalue weighted by Crippen LogP contribution is 2.22. The first-order chi connectivity index (χ1) is 9.63. The molecule has 0 aromatic heterocycles. The Morgan fingerprint density at radius 2 is 2.35 bits per heavy atom. The van der Waals surface area contributed by atoms with E-state index in [4.69, 9.17) is 5.11 Å². The van der Waals surface area contributed by atoms with Crippen molar-refractivity contribution in [1.29, 1.82) is 0 Å². The number of nitrogens with zero attached hydrogens (tertiary/aromatic N) is 1. The van der Waals surface area contributed by atoms with Gasteiger partial charge in [0.1, 0.15) is 5.82 Å². The minimum absolute atomic E-state index is 0.106. The van der Waals surface area contributed by atoms with Gasteiger partial charge in [-0.1, -0.05) is 6.07 Å². The lowest BCUT2D eigenvalue weighted by Crippen LogP contribution is -2.42. The Morgan fingerprint density at radius 1 is 1.55 bits per heavy atom. The van der Waals surface area contributed by atoms with Gasteiger partial charge in [-0.2, -0.15) is 0 Å². The number of aliphatic hydroxyl groups excluding tert-OH is 1. The second-order valence-electron chi connectivity index (χ2n) is 4.87. The third-order valence-electron chi connectivity index (χ3n) is 3.44. The van der Waals surface area contributed by atoms with Crippen LogP contribution in [0.3, 0.4) is 0 Å². The molecule has 0 aliphatic carbocycles. The highest BCUT2D eigenvalue weighted by atomic mass is 79.9. The van der Waals surface area contributed by atoms with Crippen LogP contribution in [0.1, 0.15) is 23.2 Å². The number of aliphatic hydroxyl groups is 1. The smallest absolute Gasteiger partial charge is 0.255 e. The molecule has 1 amide bonds. The van der Waals surface area contributed by atoms with Crippen molar-refractivity contribution in [2.24, 2.45) is 0 Å². The number of amides is 1. The zero-order chi connectivity index (χ0) is 14.5. The lowest BCUT2D eigenvalue weighted by atomic mass is 10.1. The number of carbonyl (C=O) groups excluding carboxylic acids is 1. The highest BCUT2D eigenvalue weighted by molar-refractivity contribution is 9.10. The standard InChI is InChI=1S/C14H18BrFN2O2/c15-13-11(4-1-5-12(13)16)14(20)18(7-8-19)9-10-3-2-6-17-10/h1,4-5,10,17,19H,2-3,6-9H2. The summed E-state index contributed by atoms with van der Waals surface area (Å²) >= 11 is 3.11. The maximum Gasteiger partial charge on any atom is 0.255 e. The van der Waals surface area contributed by atoms with Crippen LogP contribution in [0.15, 0.2) is 22.7 Å². The van der Waals surface area contributed by atoms with E-state index in [2.05, 4.69) is 21.2 Å². The molecule has 1 atom stereocenters. The molecule has 1 aromatic carbocycles. The molecule has 0 radical (unpaired) electrons. The zero-order valence-electron chi connectivity index (χ0n) is 11.1. The van der Waals surface area contributed by atoms with Gasteiger partial charge in [0.25, 0.3) is 5.91 Å². The van der Waals surface area contributed by atoms with Crippen molar-refractivity contribution in [3.8, 4) is 0 Å². The normalized spacial score (nSPS) is 18.2. The van der Waals surface area contributed by atoms with E-state index in [-0.39, 0.29) is 35.1 Å². The summed E-state index contributed by atoms with van der Waals surface area (Å²) in [5, 5.41) is 12.4. The second-order valence-corrected chi connectivity index (χ2v) is 5.66. The van der Waals surface area contributed by atoms with Crippen molar-refractivity contribution >= 4 is 21.8 Å². The molecule has 0 saturated carbocycles. The van der Waals surface area contributed by atoms with Gasteiger partial charge >= 0.3 is 0 Å². The Kier molecular flexibility index (Phi) is 5.51. The second kappa shape index (κ2) is 7.15. The third-order valence-corrected chi connectivity index (χ3v) is 4.25. The van der Waals surface area contributed by atoms with Crippen LogP contribution in [0.25, 0.3) is 0 Å². The van der Waals surface area contributed by atoms with Crippen molar-refractivity contribution in [3.05, 3.63) is 34.1 Å². The molecule has 2 rings (SSSR count). The van der Waals surface area contributed by atoms with E-state index in [9.17, 15) is 9.18 Å². The molecule has 0 spiro atoms. The van der Waals surface area contributed by atoms with Crippen LogP contribution >= 0.6 is 15.9 Å². The largest absolute Gasteiger partial charge is 0.395 e. The Hall–Kier alpha value is -0.980. The number of nitrogens with one attached hydrogen (secondary N) is 1. The minimum atomic E-state index is -0.459. The van der Waals surface area contributed by atoms with Crippen LogP contribution in [-0.4, -0.2) is 48.2 Å². The predicted octanol–water partition coefficient (Wildman–Crippen LogP) is 1.77. The summed E-state index contributed by atoms with van der Waals surface area (Å²) in [5.74, 6) is -0.724. The predicted molar refractivity (Wildman–Crippen MR) is 78.1 cm³/mol. The first kappa shape index (κ1) is 15.4. The molecule has 20 heavy (non-hydrogen) atoms. The molecule has 1 heterocycles. The number of rotatable bonds is 5. The van der Waals surface area contributed by atoms with Crippen molar-refractivity contribution < 1.29 is 14.3 Å². The summed E-state index contributed by atoms with van der Waals surface area (Å²) < 4.78 is 13.7. The van der Waals surface area contributed by atoms with Gasteiger partial charge < -0.3 is 15.3 Å². The third kappa shape index (κ3) is 3.56. The van der Waals surface area contributed by atoms with Crippen molar-refractivity contribution in [3.63, 3.8) is 0 Å². The van der Waals surface area contributed by atoms with Gasteiger partial charge in [-0.05, 0) is 47.4 Å². The van der Waals surface area contributed by atoms with Crippen LogP contribution in [0.5, 0.6) is 0 Å². The van der Waals surface area contributed by atoms with E-state index < -0.39 is 5.82 Å². The summed E-state index contributed by atoms with van der Waals surface area (Å²) in [6, 6.07) is 4.65. The maximum atomic E-state index is 13.5. The summed E-state index contributed by atoms with van der Waals surface area (Å²) in [6.07, 6.45) is 2.11. The molecule has 110 valence electrons. The van der Waals surface area contributed by atoms with Crippen LogP contribution in [0.2, 0.25) is 0 Å². The number of hydrogen-bond donors (Lipinski definition) is 2. The van der Waals surface area contributed by atoms with E-state index in [0.29, 0.717) is 6.54 Å². The van der Waals surface area contributed by atoms with Gasteiger partial charge in [-0.15, -0.1) is 0 Å². The molecule has 1 aromatic rings. The highest BCUT2D eigenvalue weighted by Gasteiger charge is 2.24. The van der Waals surface area contributed by atoms with Crippen molar-refractivity contribution in [2.45, 2.75) is 18.9 Å². The first-order valence-corrected chi connectivity index (χ1v) is 7.50. The molecule has 2 N–H and O–H groups in total. The van der Waals surface area contributed by atoms with Gasteiger partial charge in [0.05, 0.1) is 16.6 Å². The summed E-state index contributed by atoms with van der Waals surface area (Å²) in [5.41, 5.74) is 0.288. The van der Waals surface area contributed by atoms with Gasteiger partial charge in [-0.3, -0.25) is 4.79 Å². The average molecular weight is 345 g/mol. The van der Waals surface area contributed by atoms with Gasteiger partial charge in [0.2, 0.25) is 0 Å². The fourth-order valence-corrected chi connectivity index (χ4v) is 2.85. The maximum absolute atomic E-state index is 13.5. The van der Waals surface area contributed by atoms with Crippen LogP contribution in [-0.2, 0) is 0 Å². The van der Waals surface area contributed by atoms with E-state index in [1.54, 1.807) is 11.0 Å². The zero-order valence-corrected chi connectivity index (χ0v) is 12.7. The Morgan fingerprint density at radius 3 is 3.00 bits per heavy atom.